The van der Waals surface area contributed by atoms with Gasteiger partial charge in [0.05, 0.1) is 12.2 Å². The SMILES string of the molecule is CC(=O)[C@@]12OC(C)(C)O[C@@H]1C[C@H]1[C@@H]3CCC4=CC(=O)C=C[C@]4(C)[C@@]3(F)[C@@H](O)C[C@@]12C. The Balaban J connectivity index is 1.64. The highest BCUT2D eigenvalue weighted by Gasteiger charge is 2.79. The maximum atomic E-state index is 17.1. The van der Waals surface area contributed by atoms with Gasteiger partial charge in [-0.05, 0) is 71.4 Å². The van der Waals surface area contributed by atoms with E-state index in [2.05, 4.69) is 0 Å². The summed E-state index contributed by atoms with van der Waals surface area (Å²) in [4.78, 5) is 25.0. The van der Waals surface area contributed by atoms with Crippen LogP contribution in [0.15, 0.2) is 23.8 Å². The normalized spacial score (nSPS) is 53.4. The van der Waals surface area contributed by atoms with Crippen molar-refractivity contribution in [2.75, 3.05) is 0 Å². The van der Waals surface area contributed by atoms with Crippen LogP contribution in [0, 0.1) is 22.7 Å². The molecule has 0 aromatic carbocycles. The number of halogens is 1. The van der Waals surface area contributed by atoms with Crippen molar-refractivity contribution in [2.45, 2.75) is 89.6 Å². The van der Waals surface area contributed by atoms with E-state index in [0.29, 0.717) is 19.3 Å². The molecule has 0 spiro atoms. The number of rotatable bonds is 1. The minimum Gasteiger partial charge on any atom is -0.390 e. The van der Waals surface area contributed by atoms with Gasteiger partial charge in [0.2, 0.25) is 0 Å². The molecule has 1 saturated heterocycles. The van der Waals surface area contributed by atoms with Crippen LogP contribution in [-0.4, -0.2) is 45.9 Å². The molecule has 4 fully saturated rings. The van der Waals surface area contributed by atoms with Crippen LogP contribution in [-0.2, 0) is 19.1 Å². The minimum absolute atomic E-state index is 0.116. The number of Topliss-reactive ketones (excluding diaryl/α,β-unsaturated/α-hetero) is 1. The van der Waals surface area contributed by atoms with E-state index in [-0.39, 0.29) is 23.9 Å². The second-order valence-electron chi connectivity index (χ2n) is 10.9. The van der Waals surface area contributed by atoms with E-state index >= 15 is 4.39 Å². The van der Waals surface area contributed by atoms with Crippen molar-refractivity contribution in [3.05, 3.63) is 23.8 Å². The molecule has 5 rings (SSSR count). The van der Waals surface area contributed by atoms with Crippen LogP contribution in [0.3, 0.4) is 0 Å². The van der Waals surface area contributed by atoms with Gasteiger partial charge in [0.15, 0.2) is 28.6 Å². The highest BCUT2D eigenvalue weighted by atomic mass is 19.1. The Hall–Kier alpha value is -1.37. The zero-order valence-electron chi connectivity index (χ0n) is 18.3. The van der Waals surface area contributed by atoms with E-state index in [4.69, 9.17) is 9.47 Å². The Bertz CT molecular complexity index is 907. The molecule has 3 saturated carbocycles. The van der Waals surface area contributed by atoms with Gasteiger partial charge < -0.3 is 14.6 Å². The lowest BCUT2D eigenvalue weighted by molar-refractivity contribution is -0.245. The highest BCUT2D eigenvalue weighted by molar-refractivity contribution is 6.01. The summed E-state index contributed by atoms with van der Waals surface area (Å²) in [5.74, 6) is -1.77. The molecule has 4 aliphatic carbocycles. The molecule has 0 aromatic rings. The van der Waals surface area contributed by atoms with E-state index in [1.807, 2.05) is 6.92 Å². The minimum atomic E-state index is -1.91. The number of aliphatic hydroxyl groups excluding tert-OH is 1. The molecule has 1 aliphatic heterocycles. The Morgan fingerprint density at radius 2 is 1.93 bits per heavy atom. The van der Waals surface area contributed by atoms with Crippen LogP contribution < -0.4 is 0 Å². The van der Waals surface area contributed by atoms with Gasteiger partial charge in [0, 0.05) is 16.7 Å². The molecular weight excluding hydrogens is 387 g/mol. The predicted octanol–water partition coefficient (Wildman–Crippen LogP) is 3.45. The first kappa shape index (κ1) is 20.5. The van der Waals surface area contributed by atoms with Gasteiger partial charge in [-0.3, -0.25) is 9.59 Å². The number of fused-ring (bicyclic) bond motifs is 7. The summed E-state index contributed by atoms with van der Waals surface area (Å²) < 4.78 is 29.6. The fourth-order valence-electron chi connectivity index (χ4n) is 7.95. The van der Waals surface area contributed by atoms with Crippen molar-refractivity contribution in [1.82, 2.24) is 0 Å². The molecular formula is C24H31FO5. The number of ether oxygens (including phenoxy) is 2. The van der Waals surface area contributed by atoms with Crippen LogP contribution in [0.2, 0.25) is 0 Å². The second-order valence-corrected chi connectivity index (χ2v) is 10.9. The molecule has 0 aromatic heterocycles. The average Bonchev–Trinajstić information content (AvgIpc) is 3.04. The summed E-state index contributed by atoms with van der Waals surface area (Å²) in [7, 11) is 0. The van der Waals surface area contributed by atoms with Gasteiger partial charge in [-0.15, -0.1) is 0 Å². The molecule has 5 nitrogen and oxygen atoms in total. The Morgan fingerprint density at radius 3 is 2.60 bits per heavy atom. The predicted molar refractivity (Wildman–Crippen MR) is 107 cm³/mol. The summed E-state index contributed by atoms with van der Waals surface area (Å²) in [6.07, 6.45) is 4.64. The molecule has 164 valence electrons. The van der Waals surface area contributed by atoms with Crippen molar-refractivity contribution in [3.63, 3.8) is 0 Å². The summed E-state index contributed by atoms with van der Waals surface area (Å²) in [6.45, 7) is 8.89. The van der Waals surface area contributed by atoms with Crippen molar-refractivity contribution in [2.24, 2.45) is 22.7 Å². The quantitative estimate of drug-likeness (QED) is 0.706. The Kier molecular flexibility index (Phi) is 3.90. The highest BCUT2D eigenvalue weighted by Crippen LogP contribution is 2.72. The lowest BCUT2D eigenvalue weighted by atomic mass is 9.44. The summed E-state index contributed by atoms with van der Waals surface area (Å²) in [6, 6.07) is 0. The summed E-state index contributed by atoms with van der Waals surface area (Å²) in [5, 5.41) is 11.4. The maximum absolute atomic E-state index is 17.1. The first-order valence-corrected chi connectivity index (χ1v) is 11.0. The monoisotopic (exact) mass is 418 g/mol. The van der Waals surface area contributed by atoms with Crippen LogP contribution in [0.1, 0.15) is 60.3 Å². The third-order valence-corrected chi connectivity index (χ3v) is 9.16. The van der Waals surface area contributed by atoms with Crippen molar-refractivity contribution >= 4 is 11.6 Å². The van der Waals surface area contributed by atoms with Crippen LogP contribution >= 0.6 is 0 Å². The lowest BCUT2D eigenvalue weighted by Crippen LogP contribution is -2.69. The van der Waals surface area contributed by atoms with Crippen LogP contribution in [0.5, 0.6) is 0 Å². The molecule has 0 bridgehead atoms. The van der Waals surface area contributed by atoms with Gasteiger partial charge in [-0.2, -0.15) is 0 Å². The van der Waals surface area contributed by atoms with Gasteiger partial charge in [-0.1, -0.05) is 18.6 Å². The van der Waals surface area contributed by atoms with E-state index < -0.39 is 46.0 Å². The molecule has 0 radical (unpaired) electrons. The first-order valence-electron chi connectivity index (χ1n) is 11.0. The molecule has 0 unspecified atom stereocenters. The van der Waals surface area contributed by atoms with E-state index in [9.17, 15) is 14.7 Å². The Morgan fingerprint density at radius 1 is 1.23 bits per heavy atom. The molecule has 1 heterocycles. The number of allylic oxidation sites excluding steroid dienone is 4. The molecule has 8 atom stereocenters. The second kappa shape index (κ2) is 5.70. The zero-order valence-corrected chi connectivity index (χ0v) is 18.3. The maximum Gasteiger partial charge on any atom is 0.178 e. The lowest BCUT2D eigenvalue weighted by Gasteiger charge is -2.62. The molecule has 0 amide bonds. The Labute approximate surface area is 176 Å². The molecule has 6 heteroatoms. The zero-order chi connectivity index (χ0) is 21.9. The fourth-order valence-corrected chi connectivity index (χ4v) is 7.95. The molecule has 5 aliphatic rings. The average molecular weight is 419 g/mol. The largest absolute Gasteiger partial charge is 0.390 e. The van der Waals surface area contributed by atoms with Crippen molar-refractivity contribution < 1.29 is 28.6 Å². The third-order valence-electron chi connectivity index (χ3n) is 9.16. The fraction of sp³-hybridized carbons (Fsp3) is 0.750. The molecule has 1 N–H and O–H groups in total. The number of aliphatic hydroxyl groups is 1. The van der Waals surface area contributed by atoms with Gasteiger partial charge in [0.25, 0.3) is 0 Å². The number of alkyl halides is 1. The number of carbonyl (C=O) groups is 2. The van der Waals surface area contributed by atoms with E-state index in [0.717, 1.165) is 5.57 Å². The number of hydrogen-bond donors (Lipinski definition) is 1. The first-order chi connectivity index (χ1) is 13.8. The van der Waals surface area contributed by atoms with Crippen molar-refractivity contribution in [1.29, 1.82) is 0 Å². The standard InChI is InChI=1S/C24H31FO5/c1-13(26)24-19(29-20(2,3)30-24)11-17-16-7-6-14-10-15(27)8-9-21(14,4)23(16,25)18(28)12-22(17,24)5/h8-10,16-19,28H,6-7,11-12H2,1-5H3/t16-,17-,18-,19+,21-,22-,23-,24+/m0/s1. The third kappa shape index (κ3) is 2.08. The van der Waals surface area contributed by atoms with Crippen molar-refractivity contribution in [3.8, 4) is 0 Å². The number of ketones is 2. The van der Waals surface area contributed by atoms with E-state index in [1.165, 1.54) is 19.1 Å². The van der Waals surface area contributed by atoms with Crippen LogP contribution in [0.4, 0.5) is 4.39 Å². The van der Waals surface area contributed by atoms with Crippen LogP contribution in [0.25, 0.3) is 0 Å². The smallest absolute Gasteiger partial charge is 0.178 e. The van der Waals surface area contributed by atoms with Gasteiger partial charge in [-0.25, -0.2) is 4.39 Å². The van der Waals surface area contributed by atoms with Gasteiger partial charge >= 0.3 is 0 Å². The van der Waals surface area contributed by atoms with E-state index in [1.54, 1.807) is 26.8 Å². The van der Waals surface area contributed by atoms with Gasteiger partial charge in [0.1, 0.15) is 0 Å². The number of hydrogen-bond acceptors (Lipinski definition) is 5. The topological polar surface area (TPSA) is 72.8 Å². The molecule has 30 heavy (non-hydrogen) atoms. The number of carbonyl (C=O) groups excluding carboxylic acids is 2. The summed E-state index contributed by atoms with van der Waals surface area (Å²) in [5.41, 5.74) is -4.11. The summed E-state index contributed by atoms with van der Waals surface area (Å²) >= 11 is 0.